The van der Waals surface area contributed by atoms with Crippen molar-refractivity contribution in [1.82, 2.24) is 15.5 Å². The molecule has 1 heterocycles. The van der Waals surface area contributed by atoms with Crippen molar-refractivity contribution in [2.75, 3.05) is 32.7 Å². The third-order valence-electron chi connectivity index (χ3n) is 3.92. The molecular weight excluding hydrogens is 352 g/mol. The number of halogens is 6. The van der Waals surface area contributed by atoms with E-state index in [2.05, 4.69) is 5.32 Å². The molecule has 4 nitrogen and oxygen atoms in total. The zero-order chi connectivity index (χ0) is 18.7. The van der Waals surface area contributed by atoms with Crippen LogP contribution in [0.5, 0.6) is 0 Å². The maximum atomic E-state index is 14.0. The molecule has 1 aromatic rings. The van der Waals surface area contributed by atoms with Crippen LogP contribution in [0, 0.1) is 5.82 Å². The molecule has 2 N–H and O–H groups in total. The molecule has 1 amide bonds. The van der Waals surface area contributed by atoms with Gasteiger partial charge in [0.15, 0.2) is 0 Å². The minimum Gasteiger partial charge on any atom is -0.349 e. The van der Waals surface area contributed by atoms with Gasteiger partial charge in [0.2, 0.25) is 0 Å². The number of rotatable bonds is 5. The van der Waals surface area contributed by atoms with Crippen LogP contribution in [0.2, 0.25) is 0 Å². The second-order valence-corrected chi connectivity index (χ2v) is 5.63. The number of benzene rings is 1. The minimum atomic E-state index is -4.67. The predicted octanol–water partition coefficient (Wildman–Crippen LogP) is 1.87. The number of nitrogens with zero attached hydrogens (tertiary/aromatic N) is 1. The number of piperazine rings is 1. The summed E-state index contributed by atoms with van der Waals surface area (Å²) in [6.45, 7) is -0.125. The van der Waals surface area contributed by atoms with Gasteiger partial charge in [0.25, 0.3) is 5.91 Å². The number of alkyl halides is 5. The van der Waals surface area contributed by atoms with Gasteiger partial charge in [-0.1, -0.05) is 0 Å². The second kappa shape index (κ2) is 7.61. The highest BCUT2D eigenvalue weighted by Gasteiger charge is 2.46. The largest absolute Gasteiger partial charge is 0.405 e. The topological polar surface area (TPSA) is 44.4 Å². The Kier molecular flexibility index (Phi) is 5.94. The van der Waals surface area contributed by atoms with Gasteiger partial charge in [0, 0.05) is 38.3 Å². The van der Waals surface area contributed by atoms with E-state index in [9.17, 15) is 31.1 Å². The molecule has 1 aliphatic rings. The summed E-state index contributed by atoms with van der Waals surface area (Å²) in [5.41, 5.74) is -0.794. The number of amides is 1. The smallest absolute Gasteiger partial charge is 0.349 e. The van der Waals surface area contributed by atoms with Gasteiger partial charge in [-0.2, -0.15) is 22.0 Å². The van der Waals surface area contributed by atoms with Gasteiger partial charge >= 0.3 is 12.1 Å². The van der Waals surface area contributed by atoms with Crippen molar-refractivity contribution in [2.45, 2.75) is 18.1 Å². The van der Waals surface area contributed by atoms with Crippen molar-refractivity contribution < 1.29 is 31.1 Å². The standard InChI is InChI=1S/C15H17F6N3O/c16-11-3-1-10(2-4-11)14(17,18)13(25)23-9-12(15(19,20)21)24-7-5-22-6-8-24/h1-4,12,22H,5-9H2,(H,23,25). The Morgan fingerprint density at radius 1 is 1.12 bits per heavy atom. The lowest BCUT2D eigenvalue weighted by molar-refractivity contribution is -0.185. The van der Waals surface area contributed by atoms with Gasteiger partial charge in [-0.25, -0.2) is 4.39 Å². The minimum absolute atomic E-state index is 0.0917. The fourth-order valence-electron chi connectivity index (χ4n) is 2.54. The zero-order valence-corrected chi connectivity index (χ0v) is 13.0. The van der Waals surface area contributed by atoms with E-state index in [0.717, 1.165) is 17.0 Å². The van der Waals surface area contributed by atoms with Crippen LogP contribution in [-0.2, 0) is 10.7 Å². The van der Waals surface area contributed by atoms with Crippen LogP contribution in [0.3, 0.4) is 0 Å². The first kappa shape index (κ1) is 19.5. The molecule has 2 rings (SSSR count). The van der Waals surface area contributed by atoms with E-state index in [0.29, 0.717) is 25.2 Å². The van der Waals surface area contributed by atoms with Gasteiger partial charge in [-0.3, -0.25) is 9.69 Å². The molecule has 1 saturated heterocycles. The Morgan fingerprint density at radius 3 is 2.20 bits per heavy atom. The molecule has 25 heavy (non-hydrogen) atoms. The Balaban J connectivity index is 2.05. The van der Waals surface area contributed by atoms with Crippen molar-refractivity contribution in [3.8, 4) is 0 Å². The van der Waals surface area contributed by atoms with E-state index in [4.69, 9.17) is 0 Å². The van der Waals surface area contributed by atoms with Gasteiger partial charge in [-0.05, 0) is 24.3 Å². The molecule has 1 fully saturated rings. The van der Waals surface area contributed by atoms with E-state index in [-0.39, 0.29) is 13.1 Å². The molecule has 0 spiro atoms. The lowest BCUT2D eigenvalue weighted by Crippen LogP contribution is -2.58. The Bertz CT molecular complexity index is 584. The van der Waals surface area contributed by atoms with E-state index >= 15 is 0 Å². The number of nitrogens with one attached hydrogen (secondary N) is 2. The van der Waals surface area contributed by atoms with Crippen LogP contribution in [0.4, 0.5) is 26.3 Å². The van der Waals surface area contributed by atoms with Crippen LogP contribution in [0.1, 0.15) is 5.56 Å². The first-order valence-corrected chi connectivity index (χ1v) is 7.56. The average molecular weight is 369 g/mol. The summed E-state index contributed by atoms with van der Waals surface area (Å²) >= 11 is 0. The van der Waals surface area contributed by atoms with Crippen LogP contribution in [0.25, 0.3) is 0 Å². The van der Waals surface area contributed by atoms with Crippen molar-refractivity contribution in [2.24, 2.45) is 0 Å². The van der Waals surface area contributed by atoms with Gasteiger partial charge < -0.3 is 10.6 Å². The number of hydrogen-bond acceptors (Lipinski definition) is 3. The summed E-state index contributed by atoms with van der Waals surface area (Å²) < 4.78 is 80.4. The highest BCUT2D eigenvalue weighted by molar-refractivity contribution is 5.84. The van der Waals surface area contributed by atoms with Crippen LogP contribution in [0.15, 0.2) is 24.3 Å². The zero-order valence-electron chi connectivity index (χ0n) is 13.0. The number of hydrogen-bond donors (Lipinski definition) is 2. The quantitative estimate of drug-likeness (QED) is 0.779. The van der Waals surface area contributed by atoms with Crippen molar-refractivity contribution in [3.63, 3.8) is 0 Å². The van der Waals surface area contributed by atoms with Gasteiger partial charge in [0.05, 0.1) is 0 Å². The van der Waals surface area contributed by atoms with Crippen LogP contribution < -0.4 is 10.6 Å². The summed E-state index contributed by atoms with van der Waals surface area (Å²) in [5, 5.41) is 4.56. The Hall–Kier alpha value is -1.81. The monoisotopic (exact) mass is 369 g/mol. The Labute approximate surface area is 140 Å². The SMILES string of the molecule is O=C(NCC(N1CCNCC1)C(F)(F)F)C(F)(F)c1ccc(F)cc1. The molecule has 1 atom stereocenters. The summed E-state index contributed by atoms with van der Waals surface area (Å²) in [6.07, 6.45) is -4.67. The fourth-order valence-corrected chi connectivity index (χ4v) is 2.54. The normalized spacial score (nSPS) is 18.0. The molecule has 0 bridgehead atoms. The molecule has 10 heteroatoms. The van der Waals surface area contributed by atoms with Crippen molar-refractivity contribution in [1.29, 1.82) is 0 Å². The van der Waals surface area contributed by atoms with Gasteiger partial charge in [-0.15, -0.1) is 0 Å². The average Bonchev–Trinajstić information content (AvgIpc) is 2.55. The predicted molar refractivity (Wildman–Crippen MR) is 77.6 cm³/mol. The highest BCUT2D eigenvalue weighted by atomic mass is 19.4. The van der Waals surface area contributed by atoms with Gasteiger partial charge in [0.1, 0.15) is 11.9 Å². The molecule has 140 valence electrons. The summed E-state index contributed by atoms with van der Waals surface area (Å²) in [5.74, 6) is -6.69. The fraction of sp³-hybridized carbons (Fsp3) is 0.533. The van der Waals surface area contributed by atoms with E-state index in [1.165, 1.54) is 0 Å². The summed E-state index contributed by atoms with van der Waals surface area (Å²) in [4.78, 5) is 12.8. The highest BCUT2D eigenvalue weighted by Crippen LogP contribution is 2.29. The first-order chi connectivity index (χ1) is 11.6. The lowest BCUT2D eigenvalue weighted by Gasteiger charge is -2.36. The molecule has 0 radical (unpaired) electrons. The summed E-state index contributed by atoms with van der Waals surface area (Å²) in [6, 6.07) is 0.868. The summed E-state index contributed by atoms with van der Waals surface area (Å²) in [7, 11) is 0. The van der Waals surface area contributed by atoms with Crippen LogP contribution in [-0.4, -0.2) is 55.7 Å². The molecule has 0 aliphatic carbocycles. The second-order valence-electron chi connectivity index (χ2n) is 5.63. The van der Waals surface area contributed by atoms with E-state index in [1.54, 1.807) is 5.32 Å². The molecule has 1 unspecified atom stereocenters. The molecule has 0 saturated carbocycles. The van der Waals surface area contributed by atoms with E-state index in [1.807, 2.05) is 0 Å². The Morgan fingerprint density at radius 2 is 1.68 bits per heavy atom. The van der Waals surface area contributed by atoms with Crippen molar-refractivity contribution in [3.05, 3.63) is 35.6 Å². The van der Waals surface area contributed by atoms with Crippen molar-refractivity contribution >= 4 is 5.91 Å². The third kappa shape index (κ3) is 4.85. The van der Waals surface area contributed by atoms with E-state index < -0.39 is 42.0 Å². The number of carbonyl (C=O) groups excluding carboxylic acids is 1. The molecule has 1 aromatic carbocycles. The maximum absolute atomic E-state index is 14.0. The van der Waals surface area contributed by atoms with Crippen LogP contribution >= 0.6 is 0 Å². The maximum Gasteiger partial charge on any atom is 0.405 e. The molecular formula is C15H17F6N3O. The third-order valence-corrected chi connectivity index (χ3v) is 3.92. The first-order valence-electron chi connectivity index (χ1n) is 7.56. The number of carbonyl (C=O) groups is 1. The lowest BCUT2D eigenvalue weighted by atomic mass is 10.1. The molecule has 1 aliphatic heterocycles. The molecule has 0 aromatic heterocycles.